The molecule has 4 bridgehead atoms. The van der Waals surface area contributed by atoms with E-state index < -0.39 is 10.2 Å². The van der Waals surface area contributed by atoms with Gasteiger partial charge >= 0.3 is 0 Å². The highest BCUT2D eigenvalue weighted by Crippen LogP contribution is 2.42. The Morgan fingerprint density at radius 2 is 1.61 bits per heavy atom. The van der Waals surface area contributed by atoms with Crippen molar-refractivity contribution in [3.63, 3.8) is 0 Å². The molecule has 0 spiro atoms. The number of rotatable bonds is 8. The number of aromatic nitrogens is 1. The third-order valence-electron chi connectivity index (χ3n) is 9.44. The van der Waals surface area contributed by atoms with E-state index in [1.807, 2.05) is 6.07 Å². The lowest BCUT2D eigenvalue weighted by atomic mass is 9.99. The number of nitrogens with zero attached hydrogens (tertiary/aromatic N) is 4. The molecule has 2 unspecified atom stereocenters. The van der Waals surface area contributed by atoms with E-state index in [-0.39, 0.29) is 24.0 Å². The summed E-state index contributed by atoms with van der Waals surface area (Å²) < 4.78 is 36.8. The minimum atomic E-state index is -3.54. The van der Waals surface area contributed by atoms with Gasteiger partial charge in [0, 0.05) is 61.8 Å². The minimum Gasteiger partial charge on any atom is -0.360 e. The summed E-state index contributed by atoms with van der Waals surface area (Å²) >= 11 is 0. The zero-order valence-electron chi connectivity index (χ0n) is 21.7. The molecule has 5 fully saturated rings. The molecule has 1 aromatic heterocycles. The molecular formula is C28H37N5O4S. The van der Waals surface area contributed by atoms with Crippen LogP contribution in [0, 0.1) is 0 Å². The van der Waals surface area contributed by atoms with Crippen LogP contribution in [-0.4, -0.2) is 82.8 Å². The summed E-state index contributed by atoms with van der Waals surface area (Å²) in [6, 6.07) is 12.7. The van der Waals surface area contributed by atoms with Crippen molar-refractivity contribution in [2.75, 3.05) is 19.6 Å². The molecule has 4 saturated heterocycles. The predicted molar refractivity (Wildman–Crippen MR) is 142 cm³/mol. The molecule has 1 amide bonds. The number of piperazine rings is 1. The molecule has 4 aliphatic heterocycles. The Balaban J connectivity index is 0.976. The van der Waals surface area contributed by atoms with Crippen LogP contribution in [0.2, 0.25) is 0 Å². The zero-order chi connectivity index (χ0) is 25.9. The molecule has 0 radical (unpaired) electrons. The molecule has 1 aliphatic carbocycles. The van der Waals surface area contributed by atoms with Gasteiger partial charge < -0.3 is 9.84 Å². The lowest BCUT2D eigenvalue weighted by Crippen LogP contribution is -2.61. The van der Waals surface area contributed by atoms with Crippen molar-refractivity contribution in [1.82, 2.24) is 24.0 Å². The van der Waals surface area contributed by atoms with Crippen molar-refractivity contribution in [1.29, 1.82) is 0 Å². The second-order valence-corrected chi connectivity index (χ2v) is 13.8. The van der Waals surface area contributed by atoms with E-state index >= 15 is 0 Å². The third-order valence-corrected chi connectivity index (χ3v) is 11.5. The van der Waals surface area contributed by atoms with Gasteiger partial charge in [0.05, 0.1) is 0 Å². The number of carbonyl (C=O) groups is 1. The van der Waals surface area contributed by atoms with Crippen LogP contribution in [0.5, 0.6) is 0 Å². The molecule has 1 aromatic carbocycles. The van der Waals surface area contributed by atoms with Crippen LogP contribution in [0.15, 0.2) is 40.9 Å². The molecular weight excluding hydrogens is 502 g/mol. The van der Waals surface area contributed by atoms with Crippen molar-refractivity contribution in [2.45, 2.75) is 93.9 Å². The van der Waals surface area contributed by atoms with Crippen LogP contribution in [-0.2, 0) is 16.6 Å². The number of carbonyl (C=O) groups excluding carboxylic acids is 1. The van der Waals surface area contributed by atoms with Crippen LogP contribution >= 0.6 is 0 Å². The first-order chi connectivity index (χ1) is 18.5. The van der Waals surface area contributed by atoms with Crippen LogP contribution in [0.3, 0.4) is 0 Å². The fourth-order valence-corrected chi connectivity index (χ4v) is 9.51. The van der Waals surface area contributed by atoms with E-state index in [1.54, 1.807) is 14.7 Å². The molecule has 7 rings (SSSR count). The van der Waals surface area contributed by atoms with Gasteiger partial charge in [0.25, 0.3) is 16.1 Å². The van der Waals surface area contributed by atoms with E-state index in [0.717, 1.165) is 57.3 Å². The van der Waals surface area contributed by atoms with Gasteiger partial charge in [-0.2, -0.15) is 17.0 Å². The van der Waals surface area contributed by atoms with Crippen molar-refractivity contribution >= 4 is 16.1 Å². The summed E-state index contributed by atoms with van der Waals surface area (Å²) in [6.45, 7) is 2.15. The number of benzene rings is 1. The van der Waals surface area contributed by atoms with E-state index in [2.05, 4.69) is 39.6 Å². The first-order valence-corrected chi connectivity index (χ1v) is 15.7. The van der Waals surface area contributed by atoms with Gasteiger partial charge in [0.15, 0.2) is 5.69 Å². The highest BCUT2D eigenvalue weighted by Gasteiger charge is 2.52. The maximum absolute atomic E-state index is 14.0. The number of amides is 1. The second kappa shape index (κ2) is 9.73. The van der Waals surface area contributed by atoms with Gasteiger partial charge in [0.2, 0.25) is 0 Å². The van der Waals surface area contributed by atoms with E-state index in [1.165, 1.54) is 5.56 Å². The number of fused-ring (bicyclic) bond motifs is 4. The smallest absolute Gasteiger partial charge is 0.282 e. The summed E-state index contributed by atoms with van der Waals surface area (Å²) in [5, 5.41) is 7.08. The van der Waals surface area contributed by atoms with Crippen molar-refractivity contribution < 1.29 is 17.7 Å². The summed E-state index contributed by atoms with van der Waals surface area (Å²) in [6.07, 6.45) is 8.34. The van der Waals surface area contributed by atoms with Gasteiger partial charge in [-0.05, 0) is 63.4 Å². The molecule has 5 atom stereocenters. The Hall–Kier alpha value is -2.27. The van der Waals surface area contributed by atoms with Gasteiger partial charge in [-0.25, -0.2) is 0 Å². The summed E-state index contributed by atoms with van der Waals surface area (Å²) in [5.41, 5.74) is 1.66. The number of nitrogens with one attached hydrogen (secondary N) is 1. The van der Waals surface area contributed by atoms with Gasteiger partial charge in [0.1, 0.15) is 5.76 Å². The molecule has 9 nitrogen and oxygen atoms in total. The second-order valence-electron chi connectivity index (χ2n) is 11.9. The molecule has 38 heavy (non-hydrogen) atoms. The fraction of sp³-hybridized carbons (Fsp3) is 0.643. The van der Waals surface area contributed by atoms with Crippen molar-refractivity contribution in [3.8, 4) is 0 Å². The molecule has 1 saturated carbocycles. The lowest BCUT2D eigenvalue weighted by molar-refractivity contribution is 0.0883. The number of hydrogen-bond acceptors (Lipinski definition) is 6. The molecule has 10 heteroatoms. The van der Waals surface area contributed by atoms with E-state index in [0.29, 0.717) is 49.6 Å². The third kappa shape index (κ3) is 4.59. The Bertz CT molecular complexity index is 1250. The molecule has 5 aliphatic rings. The molecule has 5 heterocycles. The van der Waals surface area contributed by atoms with Gasteiger partial charge in [-0.15, -0.1) is 0 Å². The van der Waals surface area contributed by atoms with Crippen LogP contribution in [0.1, 0.15) is 79.1 Å². The normalized spacial score (nSPS) is 32.1. The maximum atomic E-state index is 14.0. The first-order valence-electron chi connectivity index (χ1n) is 14.3. The van der Waals surface area contributed by atoms with E-state index in [9.17, 15) is 13.2 Å². The SMILES string of the molecule is O=C(N[C@H]1C[C@H]2CC[C@@H](C1)N2S(=O)(=O)N1CC2CCC(C1)N2CCc1ccccc1)c1cc(C2CC2)on1. The molecule has 1 N–H and O–H groups in total. The topological polar surface area (TPSA) is 99.0 Å². The minimum absolute atomic E-state index is 0.0430. The van der Waals surface area contributed by atoms with Crippen molar-refractivity contribution in [2.24, 2.45) is 0 Å². The Labute approximate surface area is 224 Å². The Kier molecular flexibility index (Phi) is 6.34. The standard InChI is InChI=1S/C28H37N5O4S/c34-28(26-16-27(37-30-26)20-6-7-20)29-21-14-22-8-9-23(15-21)33(22)38(35,36)31-17-24-10-11-25(18-31)32(24)13-12-19-4-2-1-3-5-19/h1-5,16,20-25H,6-15,17-18H2,(H,29,34)/t21-,22+,23-,24?,25?. The lowest BCUT2D eigenvalue weighted by Gasteiger charge is -2.45. The summed E-state index contributed by atoms with van der Waals surface area (Å²) in [4.78, 5) is 15.4. The largest absolute Gasteiger partial charge is 0.360 e. The average Bonchev–Trinajstić information content (AvgIpc) is 3.50. The quantitative estimate of drug-likeness (QED) is 0.554. The van der Waals surface area contributed by atoms with Gasteiger partial charge in [-0.1, -0.05) is 35.5 Å². The van der Waals surface area contributed by atoms with Crippen LogP contribution in [0.25, 0.3) is 0 Å². The first kappa shape index (κ1) is 24.7. The Morgan fingerprint density at radius 3 is 2.26 bits per heavy atom. The van der Waals surface area contributed by atoms with E-state index in [4.69, 9.17) is 4.52 Å². The molecule has 204 valence electrons. The average molecular weight is 540 g/mol. The fourth-order valence-electron chi connectivity index (χ4n) is 7.39. The molecule has 2 aromatic rings. The monoisotopic (exact) mass is 539 g/mol. The summed E-state index contributed by atoms with van der Waals surface area (Å²) in [5.74, 6) is 0.990. The number of piperidine rings is 1. The van der Waals surface area contributed by atoms with Crippen LogP contribution < -0.4 is 5.32 Å². The highest BCUT2D eigenvalue weighted by molar-refractivity contribution is 7.86. The van der Waals surface area contributed by atoms with Crippen LogP contribution in [0.4, 0.5) is 0 Å². The van der Waals surface area contributed by atoms with Crippen molar-refractivity contribution in [3.05, 3.63) is 53.4 Å². The number of hydrogen-bond donors (Lipinski definition) is 1. The Morgan fingerprint density at radius 1 is 0.947 bits per heavy atom. The summed E-state index contributed by atoms with van der Waals surface area (Å²) in [7, 11) is -3.54. The highest BCUT2D eigenvalue weighted by atomic mass is 32.2. The predicted octanol–water partition coefficient (Wildman–Crippen LogP) is 2.91. The maximum Gasteiger partial charge on any atom is 0.282 e. The zero-order valence-corrected chi connectivity index (χ0v) is 22.6. The van der Waals surface area contributed by atoms with Gasteiger partial charge in [-0.3, -0.25) is 9.69 Å².